The Balaban J connectivity index is 1.63. The van der Waals surface area contributed by atoms with E-state index in [2.05, 4.69) is 72.7 Å². The molecular formula is C28H52N2Sn. The molecule has 0 N–H and O–H groups in total. The summed E-state index contributed by atoms with van der Waals surface area (Å²) in [6.07, 6.45) is 12.9. The van der Waals surface area contributed by atoms with E-state index in [1.54, 1.807) is 4.44 Å². The maximum atomic E-state index is 2.78. The first-order chi connectivity index (χ1) is 14.4. The molecule has 3 fully saturated rings. The van der Waals surface area contributed by atoms with E-state index in [9.17, 15) is 0 Å². The van der Waals surface area contributed by atoms with Crippen LogP contribution < -0.4 is 0 Å². The van der Waals surface area contributed by atoms with Crippen LogP contribution in [0.2, 0.25) is 19.3 Å². The Morgan fingerprint density at radius 1 is 1.06 bits per heavy atom. The Morgan fingerprint density at radius 3 is 2.39 bits per heavy atom. The van der Waals surface area contributed by atoms with Gasteiger partial charge in [0.15, 0.2) is 0 Å². The van der Waals surface area contributed by atoms with E-state index >= 15 is 0 Å². The van der Waals surface area contributed by atoms with E-state index in [0.29, 0.717) is 5.41 Å². The Bertz CT molecular complexity index is 677. The van der Waals surface area contributed by atoms with E-state index in [4.69, 9.17) is 0 Å². The summed E-state index contributed by atoms with van der Waals surface area (Å²) in [7, 11) is 9.22. The molecule has 0 heterocycles. The molecule has 0 amide bonds. The van der Waals surface area contributed by atoms with Crippen molar-refractivity contribution in [3.05, 3.63) is 11.6 Å². The van der Waals surface area contributed by atoms with Gasteiger partial charge < -0.3 is 0 Å². The molecule has 0 aromatic rings. The SMILES string of the molecule is CC([C@H]1CC([CH2][Sn]([CH3])([CH3])[CH3])C2C3CC=C4CC(N(C)C)CC[C@]4(C)C3CCC21)N(C)C. The Labute approximate surface area is 198 Å². The zero-order chi connectivity index (χ0) is 22.7. The van der Waals surface area contributed by atoms with Crippen LogP contribution in [0.15, 0.2) is 11.6 Å². The van der Waals surface area contributed by atoms with Gasteiger partial charge in [-0.15, -0.1) is 0 Å². The second-order valence-corrected chi connectivity index (χ2v) is 29.7. The first kappa shape index (κ1) is 24.6. The van der Waals surface area contributed by atoms with Crippen molar-refractivity contribution in [2.75, 3.05) is 28.2 Å². The molecule has 178 valence electrons. The summed E-state index contributed by atoms with van der Waals surface area (Å²) in [6, 6.07) is 1.51. The summed E-state index contributed by atoms with van der Waals surface area (Å²) in [5.74, 6) is 5.90. The van der Waals surface area contributed by atoms with Crippen LogP contribution in [0.3, 0.4) is 0 Å². The topological polar surface area (TPSA) is 6.48 Å². The number of fused-ring (bicyclic) bond motifs is 5. The fourth-order valence-corrected chi connectivity index (χ4v) is 14.7. The minimum atomic E-state index is -1.83. The van der Waals surface area contributed by atoms with Crippen molar-refractivity contribution in [2.24, 2.45) is 40.9 Å². The molecule has 4 aliphatic rings. The monoisotopic (exact) mass is 536 g/mol. The molecular weight excluding hydrogens is 483 g/mol. The average Bonchev–Trinajstić information content (AvgIpc) is 3.03. The summed E-state index contributed by atoms with van der Waals surface area (Å²) in [4.78, 5) is 13.1. The molecule has 0 aromatic carbocycles. The van der Waals surface area contributed by atoms with Crippen LogP contribution in [0.1, 0.15) is 58.8 Å². The van der Waals surface area contributed by atoms with Crippen LogP contribution in [0.4, 0.5) is 0 Å². The van der Waals surface area contributed by atoms with E-state index < -0.39 is 18.4 Å². The van der Waals surface area contributed by atoms with Gasteiger partial charge in [0, 0.05) is 0 Å². The molecule has 3 saturated carbocycles. The first-order valence-corrected chi connectivity index (χ1v) is 24.0. The summed E-state index contributed by atoms with van der Waals surface area (Å²) >= 11 is -1.83. The van der Waals surface area contributed by atoms with Crippen LogP contribution in [-0.4, -0.2) is 68.5 Å². The van der Waals surface area contributed by atoms with Crippen molar-refractivity contribution in [2.45, 2.75) is 90.1 Å². The van der Waals surface area contributed by atoms with E-state index in [-0.39, 0.29) is 0 Å². The van der Waals surface area contributed by atoms with Gasteiger partial charge in [0.1, 0.15) is 0 Å². The summed E-state index contributed by atoms with van der Waals surface area (Å²) in [5, 5.41) is 0. The Hall–Kier alpha value is 0.459. The van der Waals surface area contributed by atoms with Crippen LogP contribution in [0.25, 0.3) is 0 Å². The molecule has 3 heteroatoms. The molecule has 4 aliphatic carbocycles. The van der Waals surface area contributed by atoms with Crippen LogP contribution in [0, 0.1) is 40.9 Å². The number of allylic oxidation sites excluding steroid dienone is 1. The molecule has 0 bridgehead atoms. The van der Waals surface area contributed by atoms with E-state index in [0.717, 1.165) is 47.6 Å². The van der Waals surface area contributed by atoms with Gasteiger partial charge in [0.2, 0.25) is 0 Å². The van der Waals surface area contributed by atoms with Gasteiger partial charge in [-0.2, -0.15) is 0 Å². The minimum absolute atomic E-state index is 0.501. The van der Waals surface area contributed by atoms with Crippen molar-refractivity contribution in [1.29, 1.82) is 0 Å². The fraction of sp³-hybridized carbons (Fsp3) is 0.929. The maximum absolute atomic E-state index is 2.78. The molecule has 4 rings (SSSR count). The van der Waals surface area contributed by atoms with Crippen molar-refractivity contribution in [1.82, 2.24) is 9.80 Å². The zero-order valence-corrected chi connectivity index (χ0v) is 25.1. The van der Waals surface area contributed by atoms with Gasteiger partial charge in [-0.05, 0) is 0 Å². The summed E-state index contributed by atoms with van der Waals surface area (Å²) in [6.45, 7) is 5.22. The molecule has 9 atom stereocenters. The predicted molar refractivity (Wildman–Crippen MR) is 138 cm³/mol. The number of hydrogen-bond acceptors (Lipinski definition) is 2. The van der Waals surface area contributed by atoms with Crippen molar-refractivity contribution < 1.29 is 0 Å². The third-order valence-corrected chi connectivity index (χ3v) is 15.7. The summed E-state index contributed by atoms with van der Waals surface area (Å²) < 4.78 is 1.63. The van der Waals surface area contributed by atoms with E-state index in [1.807, 2.05) is 5.57 Å². The number of nitrogens with zero attached hydrogens (tertiary/aromatic N) is 2. The molecule has 0 aliphatic heterocycles. The van der Waals surface area contributed by atoms with E-state index in [1.165, 1.54) is 44.9 Å². The average molecular weight is 535 g/mol. The molecule has 31 heavy (non-hydrogen) atoms. The van der Waals surface area contributed by atoms with Crippen LogP contribution in [0.5, 0.6) is 0 Å². The van der Waals surface area contributed by atoms with Crippen LogP contribution >= 0.6 is 0 Å². The number of rotatable bonds is 5. The van der Waals surface area contributed by atoms with Gasteiger partial charge >= 0.3 is 199 Å². The zero-order valence-electron chi connectivity index (χ0n) is 22.2. The predicted octanol–water partition coefficient (Wildman–Crippen LogP) is 6.62. The first-order valence-electron chi connectivity index (χ1n) is 13.4. The van der Waals surface area contributed by atoms with Gasteiger partial charge in [0.05, 0.1) is 0 Å². The third-order valence-electron chi connectivity index (χ3n) is 10.7. The molecule has 2 nitrogen and oxygen atoms in total. The summed E-state index contributed by atoms with van der Waals surface area (Å²) in [5.41, 5.74) is 2.35. The fourth-order valence-electron chi connectivity index (χ4n) is 8.98. The molecule has 0 spiro atoms. The molecule has 0 aromatic heterocycles. The van der Waals surface area contributed by atoms with Gasteiger partial charge in [-0.3, -0.25) is 0 Å². The normalized spacial score (nSPS) is 44.0. The van der Waals surface area contributed by atoms with Crippen molar-refractivity contribution >= 4 is 18.4 Å². The van der Waals surface area contributed by atoms with Crippen molar-refractivity contribution in [3.8, 4) is 0 Å². The standard InChI is InChI=1S/C25H43N2.3CH3.Sn/c1-16-14-22(17(2)26(4)5)20-10-11-23-21(24(16)20)9-8-18-15-19(27(6)7)12-13-25(18,23)3;;;;/h8,16-17,19-24H,1,9-15H2,2-7H3;3*1H3;/t16?,17?,19?,20?,21?,22-,23?,24?,25+;;;;/m1..../s1. The third kappa shape index (κ3) is 4.57. The second-order valence-electron chi connectivity index (χ2n) is 14.0. The number of hydrogen-bond donors (Lipinski definition) is 0. The second kappa shape index (κ2) is 8.91. The van der Waals surface area contributed by atoms with Gasteiger partial charge in [-0.25, -0.2) is 0 Å². The quantitative estimate of drug-likeness (QED) is 0.289. The molecule has 7 unspecified atom stereocenters. The Morgan fingerprint density at radius 2 is 1.77 bits per heavy atom. The van der Waals surface area contributed by atoms with Crippen LogP contribution in [-0.2, 0) is 0 Å². The molecule has 0 radical (unpaired) electrons. The van der Waals surface area contributed by atoms with Gasteiger partial charge in [-0.1, -0.05) is 0 Å². The van der Waals surface area contributed by atoms with Crippen molar-refractivity contribution in [3.63, 3.8) is 0 Å². The Kier molecular flexibility index (Phi) is 7.07. The van der Waals surface area contributed by atoms with Gasteiger partial charge in [0.25, 0.3) is 0 Å². The molecule has 0 saturated heterocycles.